The predicted octanol–water partition coefficient (Wildman–Crippen LogP) is 4.03. The van der Waals surface area contributed by atoms with Crippen molar-refractivity contribution < 1.29 is 9.84 Å². The molecule has 0 radical (unpaired) electrons. The number of ether oxygens (including phenoxy) is 1. The molecular formula is C16H15BrClNO2. The number of phenols is 1. The third-order valence-corrected chi connectivity index (χ3v) is 4.19. The minimum Gasteiger partial charge on any atom is -0.508 e. The molecule has 0 aromatic heterocycles. The van der Waals surface area contributed by atoms with Crippen molar-refractivity contribution in [2.24, 2.45) is 0 Å². The molecule has 0 unspecified atom stereocenters. The lowest BCUT2D eigenvalue weighted by Gasteiger charge is -2.11. The molecule has 2 aromatic carbocycles. The Morgan fingerprint density at radius 3 is 2.86 bits per heavy atom. The average molecular weight is 369 g/mol. The quantitative estimate of drug-likeness (QED) is 0.856. The summed E-state index contributed by atoms with van der Waals surface area (Å²) >= 11 is 9.48. The predicted molar refractivity (Wildman–Crippen MR) is 87.0 cm³/mol. The molecule has 21 heavy (non-hydrogen) atoms. The highest BCUT2D eigenvalue weighted by Gasteiger charge is 2.17. The molecule has 0 fully saturated rings. The molecule has 0 bridgehead atoms. The highest BCUT2D eigenvalue weighted by atomic mass is 79.9. The van der Waals surface area contributed by atoms with Crippen molar-refractivity contribution in [3.63, 3.8) is 0 Å². The third-order valence-electron chi connectivity index (χ3n) is 3.50. The van der Waals surface area contributed by atoms with E-state index in [4.69, 9.17) is 16.3 Å². The first-order valence-corrected chi connectivity index (χ1v) is 7.93. The number of hydrogen-bond donors (Lipinski definition) is 2. The molecule has 0 aliphatic carbocycles. The highest BCUT2D eigenvalue weighted by Crippen LogP contribution is 2.33. The number of benzene rings is 2. The van der Waals surface area contributed by atoms with Gasteiger partial charge in [0.05, 0.1) is 6.61 Å². The van der Waals surface area contributed by atoms with Crippen LogP contribution in [0.4, 0.5) is 0 Å². The van der Waals surface area contributed by atoms with Gasteiger partial charge in [0.25, 0.3) is 0 Å². The molecule has 5 heteroatoms. The second-order valence-electron chi connectivity index (χ2n) is 5.03. The minimum absolute atomic E-state index is 0.252. The van der Waals surface area contributed by atoms with Gasteiger partial charge in [0.1, 0.15) is 11.5 Å². The van der Waals surface area contributed by atoms with E-state index in [9.17, 15) is 5.11 Å². The summed E-state index contributed by atoms with van der Waals surface area (Å²) in [6.07, 6.45) is 0.955. The van der Waals surface area contributed by atoms with Gasteiger partial charge in [-0.1, -0.05) is 27.5 Å². The van der Waals surface area contributed by atoms with Crippen molar-refractivity contribution in [3.8, 4) is 11.5 Å². The van der Waals surface area contributed by atoms with Gasteiger partial charge in [-0.05, 0) is 35.9 Å². The number of halogens is 2. The average Bonchev–Trinajstić information content (AvgIpc) is 2.90. The number of rotatable bonds is 4. The van der Waals surface area contributed by atoms with Crippen molar-refractivity contribution >= 4 is 27.5 Å². The van der Waals surface area contributed by atoms with E-state index in [0.717, 1.165) is 34.4 Å². The topological polar surface area (TPSA) is 41.5 Å². The maximum absolute atomic E-state index is 9.80. The number of nitrogens with one attached hydrogen (secondary N) is 1. The Bertz CT molecular complexity index is 676. The molecule has 1 aliphatic rings. The summed E-state index contributed by atoms with van der Waals surface area (Å²) < 4.78 is 6.76. The number of aromatic hydroxyl groups is 1. The standard InChI is InChI=1S/C16H15BrClNO2/c17-13-5-10-3-4-21-16(10)12(6-13)9-19-8-11-7-14(18)1-2-15(11)20/h1-2,5-7,19-20H,3-4,8-9H2. The summed E-state index contributed by atoms with van der Waals surface area (Å²) in [6, 6.07) is 9.23. The maximum atomic E-state index is 9.80. The van der Waals surface area contributed by atoms with E-state index < -0.39 is 0 Å². The van der Waals surface area contributed by atoms with Crippen molar-refractivity contribution in [2.75, 3.05) is 6.61 Å². The van der Waals surface area contributed by atoms with Crippen LogP contribution in [0.1, 0.15) is 16.7 Å². The lowest BCUT2D eigenvalue weighted by molar-refractivity contribution is 0.352. The molecule has 3 rings (SSSR count). The second kappa shape index (κ2) is 6.26. The molecule has 0 atom stereocenters. The molecule has 110 valence electrons. The summed E-state index contributed by atoms with van der Waals surface area (Å²) in [7, 11) is 0. The van der Waals surface area contributed by atoms with Gasteiger partial charge in [-0.2, -0.15) is 0 Å². The zero-order chi connectivity index (χ0) is 14.8. The van der Waals surface area contributed by atoms with E-state index in [-0.39, 0.29) is 5.75 Å². The zero-order valence-electron chi connectivity index (χ0n) is 11.3. The molecule has 0 saturated heterocycles. The number of fused-ring (bicyclic) bond motifs is 1. The molecular weight excluding hydrogens is 354 g/mol. The Labute approximate surface area is 137 Å². The molecule has 0 saturated carbocycles. The number of phenolic OH excluding ortho intramolecular Hbond substituents is 1. The summed E-state index contributed by atoms with van der Waals surface area (Å²) in [5.41, 5.74) is 3.15. The lowest BCUT2D eigenvalue weighted by atomic mass is 10.1. The first-order chi connectivity index (χ1) is 10.1. The molecule has 2 N–H and O–H groups in total. The van der Waals surface area contributed by atoms with Crippen LogP contribution in [-0.4, -0.2) is 11.7 Å². The second-order valence-corrected chi connectivity index (χ2v) is 6.38. The number of hydrogen-bond acceptors (Lipinski definition) is 3. The Morgan fingerprint density at radius 1 is 1.19 bits per heavy atom. The third kappa shape index (κ3) is 3.34. The van der Waals surface area contributed by atoms with E-state index in [1.165, 1.54) is 5.56 Å². The van der Waals surface area contributed by atoms with Gasteiger partial charge in [0, 0.05) is 40.1 Å². The highest BCUT2D eigenvalue weighted by molar-refractivity contribution is 9.10. The van der Waals surface area contributed by atoms with E-state index in [0.29, 0.717) is 18.1 Å². The van der Waals surface area contributed by atoms with E-state index in [1.54, 1.807) is 18.2 Å². The van der Waals surface area contributed by atoms with Gasteiger partial charge in [0.2, 0.25) is 0 Å². The summed E-state index contributed by atoms with van der Waals surface area (Å²) in [5.74, 6) is 1.24. The van der Waals surface area contributed by atoms with Gasteiger partial charge < -0.3 is 15.2 Å². The van der Waals surface area contributed by atoms with E-state index in [2.05, 4.69) is 33.4 Å². The van der Waals surface area contributed by atoms with Gasteiger partial charge in [-0.25, -0.2) is 0 Å². The SMILES string of the molecule is Oc1ccc(Cl)cc1CNCc1cc(Br)cc2c1OCC2. The van der Waals surface area contributed by atoms with Crippen molar-refractivity contribution in [3.05, 3.63) is 56.5 Å². The van der Waals surface area contributed by atoms with Crippen molar-refractivity contribution in [2.45, 2.75) is 19.5 Å². The van der Waals surface area contributed by atoms with Crippen LogP contribution < -0.4 is 10.1 Å². The monoisotopic (exact) mass is 367 g/mol. The van der Waals surface area contributed by atoms with E-state index in [1.807, 2.05) is 0 Å². The maximum Gasteiger partial charge on any atom is 0.127 e. The zero-order valence-corrected chi connectivity index (χ0v) is 13.7. The fourth-order valence-corrected chi connectivity index (χ4v) is 3.25. The minimum atomic E-state index is 0.252. The Balaban J connectivity index is 1.70. The van der Waals surface area contributed by atoms with Gasteiger partial charge in [0.15, 0.2) is 0 Å². The van der Waals surface area contributed by atoms with Crippen molar-refractivity contribution in [1.82, 2.24) is 5.32 Å². The fraction of sp³-hybridized carbons (Fsp3) is 0.250. The molecule has 3 nitrogen and oxygen atoms in total. The molecule has 0 spiro atoms. The van der Waals surface area contributed by atoms with Gasteiger partial charge >= 0.3 is 0 Å². The van der Waals surface area contributed by atoms with E-state index >= 15 is 0 Å². The molecule has 2 aromatic rings. The smallest absolute Gasteiger partial charge is 0.127 e. The molecule has 1 aliphatic heterocycles. The Morgan fingerprint density at radius 2 is 2.00 bits per heavy atom. The van der Waals surface area contributed by atoms with Gasteiger partial charge in [-0.3, -0.25) is 0 Å². The fourth-order valence-electron chi connectivity index (χ4n) is 2.50. The first kappa shape index (κ1) is 14.7. The van der Waals surface area contributed by atoms with Crippen LogP contribution in [0.5, 0.6) is 11.5 Å². The van der Waals surface area contributed by atoms with Crippen LogP contribution >= 0.6 is 27.5 Å². The van der Waals surface area contributed by atoms with Crippen molar-refractivity contribution in [1.29, 1.82) is 0 Å². The Hall–Kier alpha value is -1.23. The van der Waals surface area contributed by atoms with Crippen LogP contribution in [0.15, 0.2) is 34.8 Å². The summed E-state index contributed by atoms with van der Waals surface area (Å²) in [5, 5.41) is 13.7. The molecule has 0 amide bonds. The summed E-state index contributed by atoms with van der Waals surface area (Å²) in [6.45, 7) is 1.97. The van der Waals surface area contributed by atoms with Crippen LogP contribution in [0, 0.1) is 0 Å². The summed E-state index contributed by atoms with van der Waals surface area (Å²) in [4.78, 5) is 0. The van der Waals surface area contributed by atoms with Crippen LogP contribution in [0.3, 0.4) is 0 Å². The molecule has 1 heterocycles. The lowest BCUT2D eigenvalue weighted by Crippen LogP contribution is -2.13. The first-order valence-electron chi connectivity index (χ1n) is 6.75. The van der Waals surface area contributed by atoms with Crippen LogP contribution in [0.2, 0.25) is 5.02 Å². The largest absolute Gasteiger partial charge is 0.508 e. The van der Waals surface area contributed by atoms with Crippen LogP contribution in [0.25, 0.3) is 0 Å². The Kier molecular flexibility index (Phi) is 4.38. The normalized spacial score (nSPS) is 13.0. The van der Waals surface area contributed by atoms with Crippen LogP contribution in [-0.2, 0) is 19.5 Å². The van der Waals surface area contributed by atoms with Gasteiger partial charge in [-0.15, -0.1) is 0 Å².